The summed E-state index contributed by atoms with van der Waals surface area (Å²) < 4.78 is 19.9. The number of amides is 2. The lowest BCUT2D eigenvalue weighted by Crippen LogP contribution is -2.48. The molecule has 6 rings (SSSR count). The van der Waals surface area contributed by atoms with Crippen molar-refractivity contribution in [3.8, 4) is 5.75 Å². The fraction of sp³-hybridized carbons (Fsp3) is 0.179. The minimum atomic E-state index is -0.921. The average Bonchev–Trinajstić information content (AvgIpc) is 3.36. The van der Waals surface area contributed by atoms with E-state index in [1.807, 2.05) is 41.3 Å². The van der Waals surface area contributed by atoms with Crippen molar-refractivity contribution >= 4 is 51.0 Å². The van der Waals surface area contributed by atoms with Crippen LogP contribution in [0.3, 0.4) is 0 Å². The minimum absolute atomic E-state index is 0.171. The molecular weight excluding hydrogens is 527 g/mol. The standard InChI is InChI=1S/C28H20BrFN2O4/c1-36-22-12-10-16(13-19(22)29)26(33)25-24-23(21-11-9-15-5-2-3-8-20(15)32(21)25)27(34)31(28(24)35)18-7-4-6-17(30)14-18/h2-14,21,23-25H,1H3/t21-,23-,24-,25+/m0/s1. The number of fused-ring (bicyclic) bond motifs is 5. The van der Waals surface area contributed by atoms with Crippen molar-refractivity contribution in [3.05, 3.63) is 94.2 Å². The van der Waals surface area contributed by atoms with Gasteiger partial charge >= 0.3 is 0 Å². The Morgan fingerprint density at radius 1 is 0.972 bits per heavy atom. The van der Waals surface area contributed by atoms with Crippen LogP contribution in [0.25, 0.3) is 6.08 Å². The molecule has 6 nitrogen and oxygen atoms in total. The van der Waals surface area contributed by atoms with Crippen LogP contribution < -0.4 is 14.5 Å². The second kappa shape index (κ2) is 8.41. The minimum Gasteiger partial charge on any atom is -0.496 e. The number of carbonyl (C=O) groups is 3. The van der Waals surface area contributed by atoms with Crippen LogP contribution in [0.5, 0.6) is 5.75 Å². The highest BCUT2D eigenvalue weighted by Gasteiger charge is 2.64. The number of anilines is 2. The molecule has 0 saturated carbocycles. The van der Waals surface area contributed by atoms with Crippen molar-refractivity contribution in [2.75, 3.05) is 16.9 Å². The van der Waals surface area contributed by atoms with Gasteiger partial charge in [0, 0.05) is 11.3 Å². The maximum Gasteiger partial charge on any atom is 0.240 e. The van der Waals surface area contributed by atoms with E-state index in [2.05, 4.69) is 15.9 Å². The number of hydrogen-bond acceptors (Lipinski definition) is 5. The van der Waals surface area contributed by atoms with Crippen molar-refractivity contribution in [2.24, 2.45) is 11.8 Å². The van der Waals surface area contributed by atoms with Crippen LogP contribution >= 0.6 is 15.9 Å². The highest BCUT2D eigenvalue weighted by Crippen LogP contribution is 2.50. The van der Waals surface area contributed by atoms with Crippen molar-refractivity contribution in [1.82, 2.24) is 0 Å². The number of methoxy groups -OCH3 is 1. The van der Waals surface area contributed by atoms with Crippen molar-refractivity contribution in [1.29, 1.82) is 0 Å². The molecule has 8 heteroatoms. The molecule has 2 amide bonds. The number of Topliss-reactive ketones (excluding diaryl/α,β-unsaturated/α-hetero) is 1. The molecule has 0 unspecified atom stereocenters. The molecule has 0 spiro atoms. The number of nitrogens with zero attached hydrogens (tertiary/aromatic N) is 2. The zero-order valence-electron chi connectivity index (χ0n) is 19.1. The van der Waals surface area contributed by atoms with Gasteiger partial charge in [0.2, 0.25) is 11.8 Å². The van der Waals surface area contributed by atoms with Crippen LogP contribution in [0.4, 0.5) is 15.8 Å². The van der Waals surface area contributed by atoms with Crippen molar-refractivity contribution in [2.45, 2.75) is 12.1 Å². The molecule has 3 heterocycles. The van der Waals surface area contributed by atoms with E-state index in [9.17, 15) is 18.8 Å². The first-order valence-electron chi connectivity index (χ1n) is 11.5. The molecule has 3 aliphatic rings. The van der Waals surface area contributed by atoms with E-state index in [1.165, 1.54) is 25.3 Å². The van der Waals surface area contributed by atoms with Gasteiger partial charge in [-0.1, -0.05) is 36.4 Å². The zero-order valence-corrected chi connectivity index (χ0v) is 20.7. The summed E-state index contributed by atoms with van der Waals surface area (Å²) in [5.74, 6) is -2.87. The predicted molar refractivity (Wildman–Crippen MR) is 136 cm³/mol. The lowest BCUT2D eigenvalue weighted by atomic mass is 9.86. The van der Waals surface area contributed by atoms with Gasteiger partial charge in [0.25, 0.3) is 0 Å². The SMILES string of the molecule is COc1ccc(C(=O)[C@H]2[C@H]3C(=O)N(c4cccc(F)c4)C(=O)[C@H]3[C@@H]3C=Cc4ccccc4N32)cc1Br. The van der Waals surface area contributed by atoms with Gasteiger partial charge in [0.15, 0.2) is 5.78 Å². The average molecular weight is 547 g/mol. The van der Waals surface area contributed by atoms with Crippen LogP contribution in [0, 0.1) is 17.7 Å². The number of halogens is 2. The first kappa shape index (κ1) is 22.7. The van der Waals surface area contributed by atoms with Gasteiger partial charge in [-0.15, -0.1) is 0 Å². The highest BCUT2D eigenvalue weighted by molar-refractivity contribution is 9.10. The number of hydrogen-bond donors (Lipinski definition) is 0. The fourth-order valence-electron chi connectivity index (χ4n) is 5.67. The molecule has 3 aromatic carbocycles. The second-order valence-electron chi connectivity index (χ2n) is 9.02. The molecule has 36 heavy (non-hydrogen) atoms. The van der Waals surface area contributed by atoms with Gasteiger partial charge in [0.1, 0.15) is 17.6 Å². The van der Waals surface area contributed by atoms with E-state index in [-0.39, 0.29) is 11.5 Å². The quantitative estimate of drug-likeness (QED) is 0.345. The normalized spacial score (nSPS) is 24.0. The summed E-state index contributed by atoms with van der Waals surface area (Å²) in [5.41, 5.74) is 2.26. The number of para-hydroxylation sites is 1. The van der Waals surface area contributed by atoms with Crippen molar-refractivity contribution < 1.29 is 23.5 Å². The number of ether oxygens (including phenoxy) is 1. The van der Waals surface area contributed by atoms with E-state index >= 15 is 0 Å². The van der Waals surface area contributed by atoms with Gasteiger partial charge in [-0.25, -0.2) is 9.29 Å². The maximum atomic E-state index is 14.1. The Labute approximate surface area is 215 Å². The summed E-state index contributed by atoms with van der Waals surface area (Å²) in [6.07, 6.45) is 3.81. The number of rotatable bonds is 4. The molecule has 0 radical (unpaired) electrons. The van der Waals surface area contributed by atoms with Crippen LogP contribution in [-0.4, -0.2) is 36.8 Å². The molecule has 2 fully saturated rings. The summed E-state index contributed by atoms with van der Waals surface area (Å²) in [5, 5.41) is 0. The van der Waals surface area contributed by atoms with Crippen molar-refractivity contribution in [3.63, 3.8) is 0 Å². The van der Waals surface area contributed by atoms with Gasteiger partial charge in [0.05, 0.1) is 35.1 Å². The Kier molecular flexibility index (Phi) is 5.30. The Hall–Kier alpha value is -3.78. The Balaban J connectivity index is 1.49. The molecule has 4 atom stereocenters. The first-order chi connectivity index (χ1) is 17.4. The monoisotopic (exact) mass is 546 g/mol. The Bertz CT molecular complexity index is 1470. The molecule has 2 saturated heterocycles. The van der Waals surface area contributed by atoms with Crippen LogP contribution in [-0.2, 0) is 9.59 Å². The molecule has 0 aliphatic carbocycles. The third-order valence-corrected chi connectivity index (χ3v) is 7.81. The van der Waals surface area contributed by atoms with E-state index in [0.717, 1.165) is 22.2 Å². The Morgan fingerprint density at radius 2 is 1.75 bits per heavy atom. The molecule has 180 valence electrons. The van der Waals surface area contributed by atoms with E-state index in [4.69, 9.17) is 4.74 Å². The van der Waals surface area contributed by atoms with Crippen LogP contribution in [0.1, 0.15) is 15.9 Å². The molecule has 3 aromatic rings. The smallest absolute Gasteiger partial charge is 0.240 e. The summed E-state index contributed by atoms with van der Waals surface area (Å²) >= 11 is 3.44. The fourth-order valence-corrected chi connectivity index (χ4v) is 6.21. The summed E-state index contributed by atoms with van der Waals surface area (Å²) in [4.78, 5) is 44.6. The number of carbonyl (C=O) groups excluding carboxylic acids is 3. The van der Waals surface area contributed by atoms with E-state index < -0.39 is 41.6 Å². The number of ketones is 1. The van der Waals surface area contributed by atoms with Gasteiger partial charge < -0.3 is 9.64 Å². The number of benzene rings is 3. The third kappa shape index (κ3) is 3.24. The lowest BCUT2D eigenvalue weighted by Gasteiger charge is -2.36. The maximum absolute atomic E-state index is 14.1. The summed E-state index contributed by atoms with van der Waals surface area (Å²) in [6.45, 7) is 0. The van der Waals surface area contributed by atoms with Crippen LogP contribution in [0.2, 0.25) is 0 Å². The highest BCUT2D eigenvalue weighted by atomic mass is 79.9. The summed E-state index contributed by atoms with van der Waals surface area (Å²) in [6, 6.07) is 16.6. The summed E-state index contributed by atoms with van der Waals surface area (Å²) in [7, 11) is 1.54. The van der Waals surface area contributed by atoms with Gasteiger partial charge in [-0.05, 0) is 64.0 Å². The molecule has 0 aromatic heterocycles. The zero-order chi connectivity index (χ0) is 25.1. The predicted octanol–water partition coefficient (Wildman–Crippen LogP) is 4.87. The lowest BCUT2D eigenvalue weighted by molar-refractivity contribution is -0.122. The topological polar surface area (TPSA) is 66.9 Å². The largest absolute Gasteiger partial charge is 0.496 e. The molecule has 0 N–H and O–H groups in total. The van der Waals surface area contributed by atoms with E-state index in [0.29, 0.717) is 15.8 Å². The number of imide groups is 1. The molecular formula is C28H20BrFN2O4. The van der Waals surface area contributed by atoms with E-state index in [1.54, 1.807) is 18.2 Å². The second-order valence-corrected chi connectivity index (χ2v) is 9.87. The third-order valence-electron chi connectivity index (χ3n) is 7.19. The van der Waals surface area contributed by atoms with Gasteiger partial charge in [-0.2, -0.15) is 0 Å². The first-order valence-corrected chi connectivity index (χ1v) is 12.3. The molecule has 0 bridgehead atoms. The van der Waals surface area contributed by atoms with Gasteiger partial charge in [-0.3, -0.25) is 14.4 Å². The Morgan fingerprint density at radius 3 is 2.50 bits per heavy atom. The van der Waals surface area contributed by atoms with Crippen LogP contribution in [0.15, 0.2) is 77.3 Å². The molecule has 3 aliphatic heterocycles.